The Morgan fingerprint density at radius 3 is 2.50 bits per heavy atom. The first-order valence-corrected chi connectivity index (χ1v) is 7.04. The molecular formula is C15H22N2O5. The summed E-state index contributed by atoms with van der Waals surface area (Å²) < 4.78 is 10.2. The molecule has 0 unspecified atom stereocenters. The molecule has 3 N–H and O–H groups in total. The van der Waals surface area contributed by atoms with Crippen LogP contribution in [0.3, 0.4) is 0 Å². The molecule has 7 nitrogen and oxygen atoms in total. The number of unbranched alkanes of at least 4 members (excludes halogenated alkanes) is 2. The van der Waals surface area contributed by atoms with Gasteiger partial charge in [-0.2, -0.15) is 0 Å². The van der Waals surface area contributed by atoms with Gasteiger partial charge in [0.1, 0.15) is 11.5 Å². The third-order valence-corrected chi connectivity index (χ3v) is 2.98. The number of methoxy groups -OCH3 is 2. The Balaban J connectivity index is 2.54. The normalized spacial score (nSPS) is 9.95. The lowest BCUT2D eigenvalue weighted by atomic mass is 10.2. The number of nitrogens with one attached hydrogen (secondary N) is 2. The van der Waals surface area contributed by atoms with E-state index in [0.717, 1.165) is 6.42 Å². The van der Waals surface area contributed by atoms with Crippen LogP contribution in [-0.2, 0) is 9.59 Å². The lowest BCUT2D eigenvalue weighted by Gasteiger charge is -2.11. The molecule has 7 heteroatoms. The third-order valence-electron chi connectivity index (χ3n) is 2.98. The molecule has 1 aromatic carbocycles. The zero-order chi connectivity index (χ0) is 16.4. The lowest BCUT2D eigenvalue weighted by molar-refractivity contribution is -0.136. The standard InChI is InChI=1S/C15H22N2O5/c1-21-11-6-7-13(22-2)12(10-11)17-15(20)14(19)16-8-4-3-5-9-18/h6-7,10,18H,3-5,8-9H2,1-2H3,(H,16,19)(H,17,20). The second-order valence-electron chi connectivity index (χ2n) is 4.56. The Morgan fingerprint density at radius 1 is 1.09 bits per heavy atom. The van der Waals surface area contributed by atoms with Gasteiger partial charge in [-0.1, -0.05) is 0 Å². The van der Waals surface area contributed by atoms with Gasteiger partial charge in [-0.15, -0.1) is 0 Å². The summed E-state index contributed by atoms with van der Waals surface area (Å²) in [6, 6.07) is 4.90. The zero-order valence-corrected chi connectivity index (χ0v) is 12.8. The van der Waals surface area contributed by atoms with Gasteiger partial charge in [-0.3, -0.25) is 9.59 Å². The van der Waals surface area contributed by atoms with Crippen LogP contribution in [0.2, 0.25) is 0 Å². The Hall–Kier alpha value is -2.28. The molecule has 0 atom stereocenters. The van der Waals surface area contributed by atoms with Crippen LogP contribution in [0.15, 0.2) is 18.2 Å². The van der Waals surface area contributed by atoms with Gasteiger partial charge in [-0.25, -0.2) is 0 Å². The van der Waals surface area contributed by atoms with Crippen molar-refractivity contribution in [3.05, 3.63) is 18.2 Å². The van der Waals surface area contributed by atoms with E-state index in [1.165, 1.54) is 14.2 Å². The van der Waals surface area contributed by atoms with Gasteiger partial charge in [0, 0.05) is 19.2 Å². The van der Waals surface area contributed by atoms with Crippen molar-refractivity contribution >= 4 is 17.5 Å². The van der Waals surface area contributed by atoms with E-state index in [4.69, 9.17) is 14.6 Å². The van der Waals surface area contributed by atoms with Crippen LogP contribution < -0.4 is 20.1 Å². The number of aliphatic hydroxyl groups excluding tert-OH is 1. The van der Waals surface area contributed by atoms with Gasteiger partial charge in [-0.05, 0) is 31.4 Å². The number of benzene rings is 1. The highest BCUT2D eigenvalue weighted by Gasteiger charge is 2.15. The first-order chi connectivity index (χ1) is 10.6. The summed E-state index contributed by atoms with van der Waals surface area (Å²) in [5, 5.41) is 13.7. The molecule has 0 aromatic heterocycles. The predicted molar refractivity (Wildman–Crippen MR) is 82.1 cm³/mol. The van der Waals surface area contributed by atoms with Crippen LogP contribution in [0.1, 0.15) is 19.3 Å². The van der Waals surface area contributed by atoms with E-state index in [-0.39, 0.29) is 6.61 Å². The van der Waals surface area contributed by atoms with Crippen LogP contribution >= 0.6 is 0 Å². The zero-order valence-electron chi connectivity index (χ0n) is 12.8. The number of aliphatic hydroxyl groups is 1. The van der Waals surface area contributed by atoms with Gasteiger partial charge < -0.3 is 25.2 Å². The smallest absolute Gasteiger partial charge is 0.313 e. The SMILES string of the molecule is COc1ccc(OC)c(NC(=O)C(=O)NCCCCCO)c1. The number of amides is 2. The second-order valence-corrected chi connectivity index (χ2v) is 4.56. The van der Waals surface area contributed by atoms with Gasteiger partial charge in [0.15, 0.2) is 0 Å². The monoisotopic (exact) mass is 310 g/mol. The molecule has 0 heterocycles. The summed E-state index contributed by atoms with van der Waals surface area (Å²) in [5.74, 6) is -0.506. The minimum atomic E-state index is -0.770. The lowest BCUT2D eigenvalue weighted by Crippen LogP contribution is -2.36. The Morgan fingerprint density at radius 2 is 1.86 bits per heavy atom. The van der Waals surface area contributed by atoms with E-state index in [1.807, 2.05) is 0 Å². The van der Waals surface area contributed by atoms with Crippen LogP contribution in [0.4, 0.5) is 5.69 Å². The number of rotatable bonds is 8. The molecule has 122 valence electrons. The fourth-order valence-corrected chi connectivity index (χ4v) is 1.79. The maximum absolute atomic E-state index is 11.8. The average molecular weight is 310 g/mol. The Kier molecular flexibility index (Phi) is 7.77. The van der Waals surface area contributed by atoms with E-state index in [1.54, 1.807) is 18.2 Å². The van der Waals surface area contributed by atoms with Gasteiger partial charge >= 0.3 is 11.8 Å². The van der Waals surface area contributed by atoms with Crippen molar-refractivity contribution in [1.82, 2.24) is 5.32 Å². The van der Waals surface area contributed by atoms with Crippen LogP contribution in [0.25, 0.3) is 0 Å². The fourth-order valence-electron chi connectivity index (χ4n) is 1.79. The maximum Gasteiger partial charge on any atom is 0.313 e. The highest BCUT2D eigenvalue weighted by Crippen LogP contribution is 2.28. The molecule has 0 saturated carbocycles. The third kappa shape index (κ3) is 5.61. The number of hydrogen-bond acceptors (Lipinski definition) is 5. The first kappa shape index (κ1) is 17.8. The highest BCUT2D eigenvalue weighted by molar-refractivity contribution is 6.39. The summed E-state index contributed by atoms with van der Waals surface area (Å²) in [5.41, 5.74) is 0.363. The van der Waals surface area contributed by atoms with Gasteiger partial charge in [0.25, 0.3) is 0 Å². The number of carbonyl (C=O) groups is 2. The Labute approximate surface area is 129 Å². The molecule has 0 saturated heterocycles. The van der Waals surface area contributed by atoms with E-state index in [2.05, 4.69) is 10.6 Å². The molecule has 0 bridgehead atoms. The van der Waals surface area contributed by atoms with Crippen molar-refractivity contribution < 1.29 is 24.2 Å². The molecule has 0 aliphatic heterocycles. The van der Waals surface area contributed by atoms with Crippen molar-refractivity contribution in [1.29, 1.82) is 0 Å². The molecule has 1 rings (SSSR count). The summed E-state index contributed by atoms with van der Waals surface area (Å²) in [6.07, 6.45) is 2.19. The van der Waals surface area contributed by atoms with E-state index < -0.39 is 11.8 Å². The number of ether oxygens (including phenoxy) is 2. The summed E-state index contributed by atoms with van der Waals surface area (Å²) in [6.45, 7) is 0.519. The average Bonchev–Trinajstić information content (AvgIpc) is 2.54. The van der Waals surface area contributed by atoms with Crippen molar-refractivity contribution in [3.63, 3.8) is 0 Å². The summed E-state index contributed by atoms with van der Waals surface area (Å²) in [4.78, 5) is 23.5. The van der Waals surface area contributed by atoms with Crippen molar-refractivity contribution in [2.45, 2.75) is 19.3 Å². The molecule has 1 aromatic rings. The second kappa shape index (κ2) is 9.62. The number of carbonyl (C=O) groups excluding carboxylic acids is 2. The first-order valence-electron chi connectivity index (χ1n) is 7.04. The van der Waals surface area contributed by atoms with Crippen LogP contribution in [-0.4, -0.2) is 44.3 Å². The van der Waals surface area contributed by atoms with E-state index >= 15 is 0 Å². The quantitative estimate of drug-likeness (QED) is 0.490. The van der Waals surface area contributed by atoms with Crippen LogP contribution in [0, 0.1) is 0 Å². The largest absolute Gasteiger partial charge is 0.497 e. The van der Waals surface area contributed by atoms with E-state index in [0.29, 0.717) is 36.6 Å². The minimum absolute atomic E-state index is 0.129. The van der Waals surface area contributed by atoms with Crippen molar-refractivity contribution in [3.8, 4) is 11.5 Å². The minimum Gasteiger partial charge on any atom is -0.497 e. The van der Waals surface area contributed by atoms with E-state index in [9.17, 15) is 9.59 Å². The summed E-state index contributed by atoms with van der Waals surface area (Å²) >= 11 is 0. The van der Waals surface area contributed by atoms with Crippen molar-refractivity contribution in [2.24, 2.45) is 0 Å². The summed E-state index contributed by atoms with van der Waals surface area (Å²) in [7, 11) is 2.98. The Bertz CT molecular complexity index is 505. The topological polar surface area (TPSA) is 96.9 Å². The maximum atomic E-state index is 11.8. The fraction of sp³-hybridized carbons (Fsp3) is 0.467. The number of hydrogen-bond donors (Lipinski definition) is 3. The van der Waals surface area contributed by atoms with Crippen molar-refractivity contribution in [2.75, 3.05) is 32.7 Å². The molecule has 0 fully saturated rings. The van der Waals surface area contributed by atoms with Gasteiger partial charge in [0.05, 0.1) is 19.9 Å². The molecule has 0 spiro atoms. The molecule has 22 heavy (non-hydrogen) atoms. The van der Waals surface area contributed by atoms with Gasteiger partial charge in [0.2, 0.25) is 0 Å². The molecular weight excluding hydrogens is 288 g/mol. The molecule has 2 amide bonds. The molecule has 0 radical (unpaired) electrons. The molecule has 0 aliphatic rings. The predicted octanol–water partition coefficient (Wildman–Crippen LogP) is 0.921. The number of anilines is 1. The molecule has 0 aliphatic carbocycles. The highest BCUT2D eigenvalue weighted by atomic mass is 16.5. The van der Waals surface area contributed by atoms with Crippen LogP contribution in [0.5, 0.6) is 11.5 Å².